The third kappa shape index (κ3) is 5.70. The molecule has 0 aliphatic heterocycles. The summed E-state index contributed by atoms with van der Waals surface area (Å²) in [6.45, 7) is 6.16. The lowest BCUT2D eigenvalue weighted by Gasteiger charge is -2.16. The number of benzene rings is 2. The molecule has 0 fully saturated rings. The molecule has 0 aliphatic carbocycles. The van der Waals surface area contributed by atoms with Gasteiger partial charge in [-0.2, -0.15) is 0 Å². The van der Waals surface area contributed by atoms with Crippen molar-refractivity contribution in [2.75, 3.05) is 20.0 Å². The summed E-state index contributed by atoms with van der Waals surface area (Å²) in [7, 11) is 3.21. The molecular formula is C21H27NO3S. The third-order valence-corrected chi connectivity index (χ3v) is 5.07. The molecule has 5 heteroatoms. The third-order valence-electron chi connectivity index (χ3n) is 4.07. The highest BCUT2D eigenvalue weighted by Crippen LogP contribution is 2.29. The van der Waals surface area contributed by atoms with Crippen molar-refractivity contribution in [3.05, 3.63) is 58.7 Å². The first-order valence-corrected chi connectivity index (χ1v) is 9.74. The van der Waals surface area contributed by atoms with Crippen molar-refractivity contribution in [3.8, 4) is 11.5 Å². The van der Waals surface area contributed by atoms with Crippen LogP contribution in [0.3, 0.4) is 0 Å². The molecular weight excluding hydrogens is 346 g/mol. The maximum absolute atomic E-state index is 12.2. The topological polar surface area (TPSA) is 47.6 Å². The second kappa shape index (κ2) is 9.53. The fraction of sp³-hybridized carbons (Fsp3) is 0.381. The van der Waals surface area contributed by atoms with E-state index in [0.29, 0.717) is 17.3 Å². The van der Waals surface area contributed by atoms with Crippen molar-refractivity contribution in [2.45, 2.75) is 32.6 Å². The van der Waals surface area contributed by atoms with Gasteiger partial charge in [-0.3, -0.25) is 4.79 Å². The molecule has 0 aliphatic rings. The average molecular weight is 374 g/mol. The number of amides is 1. The molecule has 0 spiro atoms. The fourth-order valence-corrected chi connectivity index (χ4v) is 3.68. The molecule has 0 radical (unpaired) electrons. The van der Waals surface area contributed by atoms with Gasteiger partial charge >= 0.3 is 0 Å². The predicted molar refractivity (Wildman–Crippen MR) is 108 cm³/mol. The lowest BCUT2D eigenvalue weighted by molar-refractivity contribution is -0.119. The van der Waals surface area contributed by atoms with E-state index in [1.165, 1.54) is 16.7 Å². The van der Waals surface area contributed by atoms with Crippen molar-refractivity contribution in [1.29, 1.82) is 0 Å². The van der Waals surface area contributed by atoms with E-state index in [4.69, 9.17) is 9.47 Å². The summed E-state index contributed by atoms with van der Waals surface area (Å²) in [5, 5.41) is 3.04. The first-order chi connectivity index (χ1) is 12.4. The van der Waals surface area contributed by atoms with Crippen LogP contribution in [0.4, 0.5) is 0 Å². The Hall–Kier alpha value is -2.14. The minimum atomic E-state index is -0.0934. The van der Waals surface area contributed by atoms with Gasteiger partial charge in [-0.05, 0) is 44.0 Å². The molecule has 0 unspecified atom stereocenters. The molecule has 2 aromatic rings. The maximum atomic E-state index is 12.2. The molecule has 4 nitrogen and oxygen atoms in total. The van der Waals surface area contributed by atoms with Gasteiger partial charge in [0.15, 0.2) is 11.5 Å². The van der Waals surface area contributed by atoms with Crippen molar-refractivity contribution in [3.63, 3.8) is 0 Å². The number of carbonyl (C=O) groups excluding carboxylic acids is 1. The summed E-state index contributed by atoms with van der Waals surface area (Å²) in [5.74, 6) is 2.64. The fourth-order valence-electron chi connectivity index (χ4n) is 2.90. The SMILES string of the molecule is COc1ccc([C@@H](C)NC(=O)CSCc2cc(C)cc(C)c2)cc1OC. The number of rotatable bonds is 8. The maximum Gasteiger partial charge on any atom is 0.230 e. The zero-order chi connectivity index (χ0) is 19.1. The summed E-state index contributed by atoms with van der Waals surface area (Å²) < 4.78 is 10.6. The van der Waals surface area contributed by atoms with Crippen molar-refractivity contribution >= 4 is 17.7 Å². The zero-order valence-corrected chi connectivity index (χ0v) is 16.9. The molecule has 0 heterocycles. The number of hydrogen-bond donors (Lipinski definition) is 1. The second-order valence-corrected chi connectivity index (χ2v) is 7.38. The highest BCUT2D eigenvalue weighted by atomic mass is 32.2. The number of thioether (sulfide) groups is 1. The van der Waals surface area contributed by atoms with Gasteiger partial charge in [-0.1, -0.05) is 35.4 Å². The van der Waals surface area contributed by atoms with Gasteiger partial charge in [0, 0.05) is 5.75 Å². The highest BCUT2D eigenvalue weighted by molar-refractivity contribution is 7.99. The standard InChI is InChI=1S/C21H27NO3S/c1-14-8-15(2)10-17(9-14)12-26-13-21(23)22-16(3)18-6-7-19(24-4)20(11-18)25-5/h6-11,16H,12-13H2,1-5H3,(H,22,23)/t16-/m1/s1. The van der Waals surface area contributed by atoms with Gasteiger partial charge in [-0.15, -0.1) is 11.8 Å². The first kappa shape index (κ1) is 20.2. The lowest BCUT2D eigenvalue weighted by Crippen LogP contribution is -2.28. The van der Waals surface area contributed by atoms with E-state index in [1.54, 1.807) is 26.0 Å². The van der Waals surface area contributed by atoms with Crippen molar-refractivity contribution in [1.82, 2.24) is 5.32 Å². The van der Waals surface area contributed by atoms with Crippen LogP contribution in [0.25, 0.3) is 0 Å². The van der Waals surface area contributed by atoms with Crippen LogP contribution >= 0.6 is 11.8 Å². The average Bonchev–Trinajstić information content (AvgIpc) is 2.60. The van der Waals surface area contributed by atoms with Crippen LogP contribution in [0.1, 0.15) is 35.2 Å². The van der Waals surface area contributed by atoms with Crippen LogP contribution in [0.2, 0.25) is 0 Å². The van der Waals surface area contributed by atoms with Crippen molar-refractivity contribution in [2.24, 2.45) is 0 Å². The minimum absolute atomic E-state index is 0.0293. The minimum Gasteiger partial charge on any atom is -0.493 e. The lowest BCUT2D eigenvalue weighted by atomic mass is 10.1. The Bertz CT molecular complexity index is 741. The van der Waals surface area contributed by atoms with Crippen molar-refractivity contribution < 1.29 is 14.3 Å². The van der Waals surface area contributed by atoms with E-state index in [0.717, 1.165) is 11.3 Å². The van der Waals surface area contributed by atoms with E-state index < -0.39 is 0 Å². The summed E-state index contributed by atoms with van der Waals surface area (Å²) in [6.07, 6.45) is 0. The summed E-state index contributed by atoms with van der Waals surface area (Å²) in [4.78, 5) is 12.2. The quantitative estimate of drug-likeness (QED) is 0.743. The molecule has 0 saturated heterocycles. The van der Waals surface area contributed by atoms with Crippen LogP contribution in [0, 0.1) is 13.8 Å². The Balaban J connectivity index is 1.87. The normalized spacial score (nSPS) is 11.7. The number of aryl methyl sites for hydroxylation is 2. The molecule has 26 heavy (non-hydrogen) atoms. The molecule has 2 rings (SSSR count). The smallest absolute Gasteiger partial charge is 0.230 e. The number of nitrogens with one attached hydrogen (secondary N) is 1. The Morgan fingerprint density at radius 1 is 1.04 bits per heavy atom. The number of carbonyl (C=O) groups is 1. The molecule has 1 amide bonds. The van der Waals surface area contributed by atoms with Crippen LogP contribution < -0.4 is 14.8 Å². The van der Waals surface area contributed by atoms with Gasteiger partial charge in [0.05, 0.1) is 26.0 Å². The van der Waals surface area contributed by atoms with Gasteiger partial charge in [0.1, 0.15) is 0 Å². The number of methoxy groups -OCH3 is 2. The first-order valence-electron chi connectivity index (χ1n) is 8.59. The Kier molecular flexibility index (Phi) is 7.39. The summed E-state index contributed by atoms with van der Waals surface area (Å²) in [5.41, 5.74) is 4.75. The molecule has 1 N–H and O–H groups in total. The molecule has 2 aromatic carbocycles. The molecule has 0 saturated carbocycles. The Morgan fingerprint density at radius 3 is 2.31 bits per heavy atom. The van der Waals surface area contributed by atoms with E-state index >= 15 is 0 Å². The zero-order valence-electron chi connectivity index (χ0n) is 16.1. The monoisotopic (exact) mass is 373 g/mol. The molecule has 140 valence electrons. The van der Waals surface area contributed by atoms with E-state index in [-0.39, 0.29) is 11.9 Å². The largest absolute Gasteiger partial charge is 0.493 e. The van der Waals surface area contributed by atoms with Gasteiger partial charge in [0.25, 0.3) is 0 Å². The molecule has 1 atom stereocenters. The van der Waals surface area contributed by atoms with E-state index in [9.17, 15) is 4.79 Å². The molecule has 0 aromatic heterocycles. The van der Waals surface area contributed by atoms with E-state index in [2.05, 4.69) is 37.4 Å². The van der Waals surface area contributed by atoms with Crippen LogP contribution in [0.5, 0.6) is 11.5 Å². The summed E-state index contributed by atoms with van der Waals surface area (Å²) in [6, 6.07) is 12.1. The van der Waals surface area contributed by atoms with Gasteiger partial charge in [-0.25, -0.2) is 0 Å². The van der Waals surface area contributed by atoms with Crippen LogP contribution in [-0.2, 0) is 10.5 Å². The number of hydrogen-bond acceptors (Lipinski definition) is 4. The Morgan fingerprint density at radius 2 is 1.69 bits per heavy atom. The van der Waals surface area contributed by atoms with Gasteiger partial charge in [0.2, 0.25) is 5.91 Å². The van der Waals surface area contributed by atoms with Crippen LogP contribution in [0.15, 0.2) is 36.4 Å². The highest BCUT2D eigenvalue weighted by Gasteiger charge is 2.13. The number of ether oxygens (including phenoxy) is 2. The van der Waals surface area contributed by atoms with Crippen LogP contribution in [-0.4, -0.2) is 25.9 Å². The molecule has 0 bridgehead atoms. The van der Waals surface area contributed by atoms with Gasteiger partial charge < -0.3 is 14.8 Å². The van der Waals surface area contributed by atoms with E-state index in [1.807, 2.05) is 25.1 Å². The second-order valence-electron chi connectivity index (χ2n) is 6.39. The summed E-state index contributed by atoms with van der Waals surface area (Å²) >= 11 is 1.63. The Labute approximate surface area is 160 Å². The predicted octanol–water partition coefficient (Wildman–Crippen LogP) is 4.43.